The lowest BCUT2D eigenvalue weighted by Crippen LogP contribution is -2.23. The van der Waals surface area contributed by atoms with Gasteiger partial charge in [0.15, 0.2) is 0 Å². The normalized spacial score (nSPS) is 17.6. The van der Waals surface area contributed by atoms with E-state index in [0.29, 0.717) is 6.04 Å². The highest BCUT2D eigenvalue weighted by atomic mass is 15.2. The summed E-state index contributed by atoms with van der Waals surface area (Å²) in [6.07, 6.45) is 12.0. The van der Waals surface area contributed by atoms with E-state index >= 15 is 0 Å². The monoisotopic (exact) mass is 355 g/mol. The molecule has 1 aliphatic heterocycles. The van der Waals surface area contributed by atoms with Gasteiger partial charge >= 0.3 is 0 Å². The highest BCUT2D eigenvalue weighted by Crippen LogP contribution is 2.34. The topological polar surface area (TPSA) is 46.3 Å². The molecule has 1 unspecified atom stereocenters. The van der Waals surface area contributed by atoms with Gasteiger partial charge in [0.1, 0.15) is 0 Å². The second kappa shape index (κ2) is 6.93. The van der Waals surface area contributed by atoms with Crippen LogP contribution in [0.3, 0.4) is 0 Å². The SMILES string of the molecule is c1ccc(CN2CCCC2c2ncn3cc(-c4cccnc4)ccc23)nc1. The van der Waals surface area contributed by atoms with E-state index in [4.69, 9.17) is 4.98 Å². The van der Waals surface area contributed by atoms with Crippen LogP contribution in [0.15, 0.2) is 73.6 Å². The van der Waals surface area contributed by atoms with Crippen molar-refractivity contribution in [3.05, 3.63) is 85.0 Å². The zero-order chi connectivity index (χ0) is 18.1. The largest absolute Gasteiger partial charge is 0.305 e. The zero-order valence-electron chi connectivity index (χ0n) is 15.1. The van der Waals surface area contributed by atoms with Crippen molar-refractivity contribution in [3.8, 4) is 11.1 Å². The number of rotatable bonds is 4. The number of aromatic nitrogens is 4. The quantitative estimate of drug-likeness (QED) is 0.552. The van der Waals surface area contributed by atoms with Crippen LogP contribution in [0.1, 0.15) is 30.3 Å². The smallest absolute Gasteiger partial charge is 0.0996 e. The van der Waals surface area contributed by atoms with E-state index in [-0.39, 0.29) is 0 Å². The molecule has 5 heterocycles. The predicted octanol–water partition coefficient (Wildman–Crippen LogP) is 4.13. The Morgan fingerprint density at radius 2 is 1.96 bits per heavy atom. The van der Waals surface area contributed by atoms with Crippen molar-refractivity contribution in [2.45, 2.75) is 25.4 Å². The fourth-order valence-corrected chi connectivity index (χ4v) is 4.01. The first-order chi connectivity index (χ1) is 13.4. The van der Waals surface area contributed by atoms with E-state index in [9.17, 15) is 0 Å². The van der Waals surface area contributed by atoms with E-state index in [2.05, 4.69) is 55.8 Å². The third-order valence-electron chi connectivity index (χ3n) is 5.33. The third kappa shape index (κ3) is 3.11. The first kappa shape index (κ1) is 16.1. The van der Waals surface area contributed by atoms with Gasteiger partial charge in [-0.3, -0.25) is 14.9 Å². The van der Waals surface area contributed by atoms with Crippen LogP contribution in [-0.2, 0) is 6.54 Å². The summed E-state index contributed by atoms with van der Waals surface area (Å²) in [5.74, 6) is 0. The number of hydrogen-bond donors (Lipinski definition) is 0. The van der Waals surface area contributed by atoms with E-state index in [0.717, 1.165) is 36.3 Å². The Hall–Kier alpha value is -3.05. The second-order valence-corrected chi connectivity index (χ2v) is 7.03. The molecule has 0 bridgehead atoms. The summed E-state index contributed by atoms with van der Waals surface area (Å²) in [5, 5.41) is 0. The molecular weight excluding hydrogens is 334 g/mol. The summed E-state index contributed by atoms with van der Waals surface area (Å²) in [5.41, 5.74) is 5.73. The molecule has 0 aromatic carbocycles. The molecule has 0 aliphatic carbocycles. The van der Waals surface area contributed by atoms with Gasteiger partial charge in [-0.2, -0.15) is 0 Å². The molecule has 0 N–H and O–H groups in total. The summed E-state index contributed by atoms with van der Waals surface area (Å²) < 4.78 is 2.13. The third-order valence-corrected chi connectivity index (χ3v) is 5.33. The van der Waals surface area contributed by atoms with Crippen molar-refractivity contribution in [1.29, 1.82) is 0 Å². The molecule has 134 valence electrons. The van der Waals surface area contributed by atoms with Gasteiger partial charge in [0.2, 0.25) is 0 Å². The maximum Gasteiger partial charge on any atom is 0.0996 e. The highest BCUT2D eigenvalue weighted by Gasteiger charge is 2.29. The summed E-state index contributed by atoms with van der Waals surface area (Å²) in [6.45, 7) is 1.96. The molecular formula is C22H21N5. The maximum absolute atomic E-state index is 4.79. The lowest BCUT2D eigenvalue weighted by Gasteiger charge is -2.23. The first-order valence-electron chi connectivity index (χ1n) is 9.39. The van der Waals surface area contributed by atoms with Gasteiger partial charge in [-0.05, 0) is 49.2 Å². The van der Waals surface area contributed by atoms with Crippen LogP contribution in [0.25, 0.3) is 16.6 Å². The van der Waals surface area contributed by atoms with Crippen molar-refractivity contribution in [2.24, 2.45) is 0 Å². The number of nitrogens with zero attached hydrogens (tertiary/aromatic N) is 5. The lowest BCUT2D eigenvalue weighted by atomic mass is 10.1. The van der Waals surface area contributed by atoms with E-state index in [1.165, 1.54) is 17.6 Å². The molecule has 5 rings (SSSR count). The van der Waals surface area contributed by atoms with Crippen molar-refractivity contribution >= 4 is 5.52 Å². The van der Waals surface area contributed by atoms with Crippen molar-refractivity contribution in [1.82, 2.24) is 24.3 Å². The van der Waals surface area contributed by atoms with Gasteiger partial charge in [0.05, 0.1) is 29.3 Å². The Bertz CT molecular complexity index is 1040. The number of pyridine rings is 3. The average Bonchev–Trinajstić information content (AvgIpc) is 3.35. The molecule has 1 saturated heterocycles. The molecule has 0 saturated carbocycles. The Balaban J connectivity index is 1.46. The summed E-state index contributed by atoms with van der Waals surface area (Å²) >= 11 is 0. The van der Waals surface area contributed by atoms with Crippen LogP contribution < -0.4 is 0 Å². The lowest BCUT2D eigenvalue weighted by molar-refractivity contribution is 0.243. The van der Waals surface area contributed by atoms with E-state index < -0.39 is 0 Å². The molecule has 1 atom stereocenters. The van der Waals surface area contributed by atoms with Crippen LogP contribution in [-0.4, -0.2) is 30.8 Å². The summed E-state index contributed by atoms with van der Waals surface area (Å²) in [4.78, 5) is 16.0. The van der Waals surface area contributed by atoms with Crippen LogP contribution >= 0.6 is 0 Å². The van der Waals surface area contributed by atoms with Gasteiger partial charge in [-0.25, -0.2) is 4.98 Å². The maximum atomic E-state index is 4.79. The highest BCUT2D eigenvalue weighted by molar-refractivity contribution is 5.66. The van der Waals surface area contributed by atoms with Crippen LogP contribution in [0.2, 0.25) is 0 Å². The van der Waals surface area contributed by atoms with Crippen molar-refractivity contribution < 1.29 is 0 Å². The predicted molar refractivity (Wildman–Crippen MR) is 105 cm³/mol. The molecule has 0 amide bonds. The number of hydrogen-bond acceptors (Lipinski definition) is 4. The van der Waals surface area contributed by atoms with Crippen LogP contribution in [0.5, 0.6) is 0 Å². The van der Waals surface area contributed by atoms with Gasteiger partial charge in [0.25, 0.3) is 0 Å². The standard InChI is InChI=1S/C22H21N5/c1-2-11-24-19(6-1)15-26-12-4-7-20(26)22-21-9-8-18(14-27(21)16-25-22)17-5-3-10-23-13-17/h1-3,5-6,8-11,13-14,16,20H,4,7,12,15H2. The molecule has 1 aliphatic rings. The minimum atomic E-state index is 0.348. The molecule has 5 heteroatoms. The molecule has 27 heavy (non-hydrogen) atoms. The van der Waals surface area contributed by atoms with Gasteiger partial charge < -0.3 is 4.40 Å². The van der Waals surface area contributed by atoms with Crippen LogP contribution in [0.4, 0.5) is 0 Å². The van der Waals surface area contributed by atoms with Gasteiger partial charge in [-0.1, -0.05) is 18.2 Å². The minimum Gasteiger partial charge on any atom is -0.305 e. The summed E-state index contributed by atoms with van der Waals surface area (Å²) in [6, 6.07) is 14.9. The zero-order valence-corrected chi connectivity index (χ0v) is 15.1. The Kier molecular flexibility index (Phi) is 4.14. The Labute approximate surface area is 158 Å². The fraction of sp³-hybridized carbons (Fsp3) is 0.227. The van der Waals surface area contributed by atoms with Crippen molar-refractivity contribution in [3.63, 3.8) is 0 Å². The van der Waals surface area contributed by atoms with Gasteiger partial charge in [-0.15, -0.1) is 0 Å². The summed E-state index contributed by atoms with van der Waals surface area (Å²) in [7, 11) is 0. The molecule has 5 nitrogen and oxygen atoms in total. The number of imidazole rings is 1. The fourth-order valence-electron chi connectivity index (χ4n) is 4.01. The molecule has 1 fully saturated rings. The average molecular weight is 355 g/mol. The molecule has 0 spiro atoms. The minimum absolute atomic E-state index is 0.348. The van der Waals surface area contributed by atoms with Crippen molar-refractivity contribution in [2.75, 3.05) is 6.54 Å². The van der Waals surface area contributed by atoms with E-state index in [1.54, 1.807) is 6.20 Å². The number of likely N-dealkylation sites (tertiary alicyclic amines) is 1. The Morgan fingerprint density at radius 3 is 2.81 bits per heavy atom. The Morgan fingerprint density at radius 1 is 0.963 bits per heavy atom. The molecule has 4 aromatic heterocycles. The second-order valence-electron chi connectivity index (χ2n) is 7.03. The molecule has 4 aromatic rings. The number of fused-ring (bicyclic) bond motifs is 1. The molecule has 0 radical (unpaired) electrons. The van der Waals surface area contributed by atoms with Crippen LogP contribution in [0, 0.1) is 0 Å². The van der Waals surface area contributed by atoms with Gasteiger partial charge in [0, 0.05) is 36.9 Å². The van der Waals surface area contributed by atoms with E-state index in [1.807, 2.05) is 30.9 Å². The first-order valence-corrected chi connectivity index (χ1v) is 9.39.